The molecule has 92 valence electrons. The van der Waals surface area contributed by atoms with Crippen LogP contribution < -0.4 is 0 Å². The topological polar surface area (TPSA) is 17.1 Å². The molecule has 0 radical (unpaired) electrons. The van der Waals surface area contributed by atoms with Crippen molar-refractivity contribution in [3.63, 3.8) is 0 Å². The molecule has 0 N–H and O–H groups in total. The van der Waals surface area contributed by atoms with Gasteiger partial charge in [-0.05, 0) is 29.3 Å². The Morgan fingerprint density at radius 1 is 1.00 bits per heavy atom. The molecule has 0 aliphatic carbocycles. The second-order valence-corrected chi connectivity index (χ2v) is 5.59. The van der Waals surface area contributed by atoms with Gasteiger partial charge in [0.05, 0.1) is 0 Å². The van der Waals surface area contributed by atoms with E-state index < -0.39 is 0 Å². The lowest BCUT2D eigenvalue weighted by Gasteiger charge is -2.15. The Bertz CT molecular complexity index is 498. The number of benzene rings is 2. The lowest BCUT2D eigenvalue weighted by Crippen LogP contribution is -1.99. The molecule has 2 rings (SSSR count). The first-order valence-electron chi connectivity index (χ1n) is 5.70. The standard InChI is InChI=1S/C15H13ClOS/c16-15(17)11-14(12-7-3-1-4-8-12)18-13-9-5-2-6-10-13/h1-10,14H,11H2. The van der Waals surface area contributed by atoms with Crippen LogP contribution in [0.5, 0.6) is 0 Å². The van der Waals surface area contributed by atoms with Gasteiger partial charge in [0.15, 0.2) is 0 Å². The minimum absolute atomic E-state index is 0.0681. The van der Waals surface area contributed by atoms with Crippen LogP contribution in [0.4, 0.5) is 0 Å². The van der Waals surface area contributed by atoms with E-state index in [1.54, 1.807) is 11.8 Å². The van der Waals surface area contributed by atoms with E-state index in [1.807, 2.05) is 60.7 Å². The quantitative estimate of drug-likeness (QED) is 0.583. The van der Waals surface area contributed by atoms with Crippen LogP contribution in [0.2, 0.25) is 0 Å². The van der Waals surface area contributed by atoms with Crippen LogP contribution in [0.3, 0.4) is 0 Å². The molecule has 2 aromatic rings. The summed E-state index contributed by atoms with van der Waals surface area (Å²) in [5.41, 5.74) is 1.13. The maximum Gasteiger partial charge on any atom is 0.223 e. The van der Waals surface area contributed by atoms with Crippen LogP contribution in [0.1, 0.15) is 17.2 Å². The Balaban J connectivity index is 2.18. The van der Waals surface area contributed by atoms with E-state index in [1.165, 1.54) is 0 Å². The number of carbonyl (C=O) groups is 1. The summed E-state index contributed by atoms with van der Waals surface area (Å²) in [5, 5.41) is -0.231. The van der Waals surface area contributed by atoms with Gasteiger partial charge in [0.2, 0.25) is 5.24 Å². The van der Waals surface area contributed by atoms with Crippen LogP contribution >= 0.6 is 23.4 Å². The summed E-state index contributed by atoms with van der Waals surface area (Å²) in [6.07, 6.45) is 0.338. The van der Waals surface area contributed by atoms with Gasteiger partial charge < -0.3 is 0 Å². The van der Waals surface area contributed by atoms with Crippen LogP contribution in [-0.2, 0) is 4.79 Å². The molecule has 0 bridgehead atoms. The molecule has 0 saturated heterocycles. The average Bonchev–Trinajstić information content (AvgIpc) is 2.40. The molecule has 0 saturated carbocycles. The van der Waals surface area contributed by atoms with Gasteiger partial charge in [-0.3, -0.25) is 4.79 Å². The predicted octanol–water partition coefficient (Wildman–Crippen LogP) is 4.68. The van der Waals surface area contributed by atoms with Crippen molar-refractivity contribution in [1.29, 1.82) is 0 Å². The number of hydrogen-bond acceptors (Lipinski definition) is 2. The predicted molar refractivity (Wildman–Crippen MR) is 77.0 cm³/mol. The lowest BCUT2D eigenvalue weighted by molar-refractivity contribution is -0.111. The van der Waals surface area contributed by atoms with Crippen molar-refractivity contribution in [1.82, 2.24) is 0 Å². The van der Waals surface area contributed by atoms with E-state index in [4.69, 9.17) is 11.6 Å². The van der Waals surface area contributed by atoms with Crippen LogP contribution in [0, 0.1) is 0 Å². The summed E-state index contributed by atoms with van der Waals surface area (Å²) in [4.78, 5) is 12.3. The van der Waals surface area contributed by atoms with Gasteiger partial charge in [-0.15, -0.1) is 11.8 Å². The van der Waals surface area contributed by atoms with Crippen molar-refractivity contribution in [3.8, 4) is 0 Å². The van der Waals surface area contributed by atoms with Gasteiger partial charge in [0.25, 0.3) is 0 Å². The third-order valence-corrected chi connectivity index (χ3v) is 3.96. The van der Waals surface area contributed by atoms with E-state index in [0.29, 0.717) is 6.42 Å². The summed E-state index contributed by atoms with van der Waals surface area (Å²) in [7, 11) is 0. The largest absolute Gasteiger partial charge is 0.281 e. The Morgan fingerprint density at radius 2 is 1.56 bits per heavy atom. The van der Waals surface area contributed by atoms with Gasteiger partial charge in [-0.1, -0.05) is 48.5 Å². The fraction of sp³-hybridized carbons (Fsp3) is 0.133. The van der Waals surface area contributed by atoms with Crippen LogP contribution in [0.15, 0.2) is 65.6 Å². The maximum absolute atomic E-state index is 11.2. The third kappa shape index (κ3) is 3.90. The summed E-state index contributed by atoms with van der Waals surface area (Å²) in [5.74, 6) is 0. The van der Waals surface area contributed by atoms with Gasteiger partial charge >= 0.3 is 0 Å². The highest BCUT2D eigenvalue weighted by atomic mass is 35.5. The summed E-state index contributed by atoms with van der Waals surface area (Å²) < 4.78 is 0. The van der Waals surface area contributed by atoms with Crippen molar-refractivity contribution in [2.45, 2.75) is 16.6 Å². The Morgan fingerprint density at radius 3 is 2.11 bits per heavy atom. The molecule has 0 spiro atoms. The third-order valence-electron chi connectivity index (χ3n) is 2.54. The van der Waals surface area contributed by atoms with Gasteiger partial charge in [-0.25, -0.2) is 0 Å². The second kappa shape index (κ2) is 6.62. The van der Waals surface area contributed by atoms with E-state index in [0.717, 1.165) is 10.5 Å². The molecular formula is C15H13ClOS. The van der Waals surface area contributed by atoms with E-state index in [-0.39, 0.29) is 10.5 Å². The molecule has 1 atom stereocenters. The summed E-state index contributed by atoms with van der Waals surface area (Å²) in [6, 6.07) is 20.0. The molecule has 1 nitrogen and oxygen atoms in total. The van der Waals surface area contributed by atoms with E-state index in [2.05, 4.69) is 0 Å². The first-order chi connectivity index (χ1) is 8.75. The zero-order valence-corrected chi connectivity index (χ0v) is 11.3. The Labute approximate surface area is 116 Å². The van der Waals surface area contributed by atoms with Crippen LogP contribution in [0.25, 0.3) is 0 Å². The van der Waals surface area contributed by atoms with Crippen molar-refractivity contribution < 1.29 is 4.79 Å². The molecule has 0 heterocycles. The number of hydrogen-bond donors (Lipinski definition) is 0. The Hall–Kier alpha value is -1.25. The first kappa shape index (κ1) is 13.2. The smallest absolute Gasteiger partial charge is 0.223 e. The monoisotopic (exact) mass is 276 g/mol. The highest BCUT2D eigenvalue weighted by Crippen LogP contribution is 2.37. The second-order valence-electron chi connectivity index (χ2n) is 3.89. The van der Waals surface area contributed by atoms with E-state index in [9.17, 15) is 4.79 Å². The zero-order chi connectivity index (χ0) is 12.8. The normalized spacial score (nSPS) is 12.1. The zero-order valence-electron chi connectivity index (χ0n) is 9.75. The molecular weight excluding hydrogens is 264 g/mol. The fourth-order valence-electron chi connectivity index (χ4n) is 1.70. The molecule has 0 aromatic heterocycles. The molecule has 2 aromatic carbocycles. The summed E-state index contributed by atoms with van der Waals surface area (Å²) in [6.45, 7) is 0. The average molecular weight is 277 g/mol. The SMILES string of the molecule is O=C(Cl)CC(Sc1ccccc1)c1ccccc1. The molecule has 1 unspecified atom stereocenters. The first-order valence-corrected chi connectivity index (χ1v) is 6.96. The number of halogens is 1. The fourth-order valence-corrected chi connectivity index (χ4v) is 3.12. The van der Waals surface area contributed by atoms with Crippen molar-refractivity contribution in [3.05, 3.63) is 66.2 Å². The molecule has 0 aliphatic rings. The minimum atomic E-state index is -0.299. The van der Waals surface area contributed by atoms with Gasteiger partial charge in [0, 0.05) is 16.6 Å². The van der Waals surface area contributed by atoms with Crippen molar-refractivity contribution >= 4 is 28.6 Å². The highest BCUT2D eigenvalue weighted by Gasteiger charge is 2.16. The van der Waals surface area contributed by atoms with Gasteiger partial charge in [0.1, 0.15) is 0 Å². The highest BCUT2D eigenvalue weighted by molar-refractivity contribution is 7.99. The molecule has 0 aliphatic heterocycles. The number of rotatable bonds is 5. The number of carbonyl (C=O) groups excluding carboxylic acids is 1. The number of thioether (sulfide) groups is 1. The lowest BCUT2D eigenvalue weighted by atomic mass is 10.1. The van der Waals surface area contributed by atoms with Crippen molar-refractivity contribution in [2.24, 2.45) is 0 Å². The molecule has 0 amide bonds. The molecule has 3 heteroatoms. The minimum Gasteiger partial charge on any atom is -0.281 e. The van der Waals surface area contributed by atoms with Gasteiger partial charge in [-0.2, -0.15) is 0 Å². The summed E-state index contributed by atoms with van der Waals surface area (Å²) >= 11 is 7.20. The molecule has 0 fully saturated rings. The molecule has 18 heavy (non-hydrogen) atoms. The van der Waals surface area contributed by atoms with E-state index >= 15 is 0 Å². The Kier molecular flexibility index (Phi) is 4.85. The van der Waals surface area contributed by atoms with Crippen molar-refractivity contribution in [2.75, 3.05) is 0 Å². The maximum atomic E-state index is 11.2. The van der Waals surface area contributed by atoms with Crippen LogP contribution in [-0.4, -0.2) is 5.24 Å².